The number of ether oxygens (including phenoxy) is 2. The molecule has 1 rings (SSSR count). The van der Waals surface area contributed by atoms with E-state index in [4.69, 9.17) is 15.2 Å². The van der Waals surface area contributed by atoms with Gasteiger partial charge in [0, 0.05) is 18.7 Å². The zero-order valence-electron chi connectivity index (χ0n) is 12.6. The maximum atomic E-state index is 12.3. The first kappa shape index (κ1) is 17.7. The summed E-state index contributed by atoms with van der Waals surface area (Å²) in [5.74, 6) is 0.776. The number of aryl methyl sites for hydroxylation is 1. The Morgan fingerprint density at radius 1 is 1.29 bits per heavy atom. The zero-order valence-corrected chi connectivity index (χ0v) is 13.4. The highest BCUT2D eigenvalue weighted by Crippen LogP contribution is 2.32. The molecule has 0 aliphatic heterocycles. The van der Waals surface area contributed by atoms with Crippen LogP contribution in [-0.4, -0.2) is 46.4 Å². The van der Waals surface area contributed by atoms with Crippen LogP contribution in [0, 0.1) is 6.92 Å². The Kier molecular flexibility index (Phi) is 5.97. The average molecular weight is 318 g/mol. The molecule has 0 saturated carbocycles. The van der Waals surface area contributed by atoms with Gasteiger partial charge < -0.3 is 20.3 Å². The molecule has 0 aliphatic carbocycles. The van der Waals surface area contributed by atoms with Crippen LogP contribution in [0.25, 0.3) is 0 Å². The molecule has 0 aliphatic rings. The molecular weight excluding hydrogens is 296 g/mol. The Bertz CT molecular complexity index is 586. The Hall–Kier alpha value is -1.35. The molecular formula is C13H22N2O5S. The van der Waals surface area contributed by atoms with Crippen LogP contribution in [0.2, 0.25) is 0 Å². The van der Waals surface area contributed by atoms with Crippen molar-refractivity contribution in [3.05, 3.63) is 17.7 Å². The predicted octanol–water partition coefficient (Wildman–Crippen LogP) is -0.00138. The second kappa shape index (κ2) is 7.08. The molecule has 0 bridgehead atoms. The van der Waals surface area contributed by atoms with Crippen LogP contribution in [-0.2, 0) is 10.0 Å². The molecule has 0 spiro atoms. The third kappa shape index (κ3) is 4.31. The molecule has 0 fully saturated rings. The molecule has 0 heterocycles. The van der Waals surface area contributed by atoms with E-state index in [1.807, 2.05) is 0 Å². The minimum absolute atomic E-state index is 0.0617. The van der Waals surface area contributed by atoms with Gasteiger partial charge >= 0.3 is 0 Å². The molecule has 4 N–H and O–H groups in total. The van der Waals surface area contributed by atoms with Crippen molar-refractivity contribution < 1.29 is 23.0 Å². The summed E-state index contributed by atoms with van der Waals surface area (Å²) < 4.78 is 37.2. The second-order valence-electron chi connectivity index (χ2n) is 4.73. The summed E-state index contributed by atoms with van der Waals surface area (Å²) in [6, 6.07) is 2.30. The van der Waals surface area contributed by atoms with E-state index >= 15 is 0 Å². The van der Waals surface area contributed by atoms with Crippen LogP contribution in [0.5, 0.6) is 11.5 Å². The number of hydrogen-bond donors (Lipinski definition) is 3. The van der Waals surface area contributed by atoms with E-state index < -0.39 is 22.2 Å². The van der Waals surface area contributed by atoms with Crippen LogP contribution in [0.1, 0.15) is 12.5 Å². The third-order valence-corrected chi connectivity index (χ3v) is 4.66. The van der Waals surface area contributed by atoms with Crippen LogP contribution in [0.4, 0.5) is 0 Å². The number of nitrogens with two attached hydrogens (primary N) is 1. The fourth-order valence-electron chi connectivity index (χ4n) is 1.71. The molecule has 120 valence electrons. The molecule has 1 aromatic rings. The Morgan fingerprint density at radius 2 is 1.81 bits per heavy atom. The highest BCUT2D eigenvalue weighted by molar-refractivity contribution is 7.89. The Labute approximate surface area is 125 Å². The number of aliphatic hydroxyl groups excluding tert-OH is 1. The lowest BCUT2D eigenvalue weighted by Crippen LogP contribution is -2.43. The van der Waals surface area contributed by atoms with Crippen molar-refractivity contribution in [1.29, 1.82) is 0 Å². The highest BCUT2D eigenvalue weighted by Gasteiger charge is 2.21. The highest BCUT2D eigenvalue weighted by atomic mass is 32.2. The minimum atomic E-state index is -3.75. The largest absolute Gasteiger partial charge is 0.493 e. The van der Waals surface area contributed by atoms with Crippen molar-refractivity contribution in [3.63, 3.8) is 0 Å². The van der Waals surface area contributed by atoms with Gasteiger partial charge in [0.05, 0.1) is 25.2 Å². The average Bonchev–Trinajstić information content (AvgIpc) is 2.43. The summed E-state index contributed by atoms with van der Waals surface area (Å²) in [4.78, 5) is 0.0814. The molecule has 7 nitrogen and oxygen atoms in total. The van der Waals surface area contributed by atoms with Crippen LogP contribution in [0.15, 0.2) is 17.0 Å². The van der Waals surface area contributed by atoms with E-state index in [-0.39, 0.29) is 11.4 Å². The lowest BCUT2D eigenvalue weighted by Gasteiger charge is -2.17. The molecule has 0 radical (unpaired) electrons. The van der Waals surface area contributed by atoms with Crippen LogP contribution in [0.3, 0.4) is 0 Å². The number of hydrogen-bond acceptors (Lipinski definition) is 6. The maximum absolute atomic E-state index is 12.3. The summed E-state index contributed by atoms with van der Waals surface area (Å²) >= 11 is 0. The topological polar surface area (TPSA) is 111 Å². The van der Waals surface area contributed by atoms with Gasteiger partial charge in [0.15, 0.2) is 11.5 Å². The number of methoxy groups -OCH3 is 2. The lowest BCUT2D eigenvalue weighted by atomic mass is 10.2. The molecule has 0 amide bonds. The third-order valence-electron chi connectivity index (χ3n) is 3.10. The van der Waals surface area contributed by atoms with Crippen molar-refractivity contribution in [2.75, 3.05) is 20.8 Å². The predicted molar refractivity (Wildman–Crippen MR) is 79.1 cm³/mol. The second-order valence-corrected chi connectivity index (χ2v) is 6.46. The van der Waals surface area contributed by atoms with Gasteiger partial charge in [-0.25, -0.2) is 13.1 Å². The van der Waals surface area contributed by atoms with E-state index in [0.717, 1.165) is 0 Å². The van der Waals surface area contributed by atoms with E-state index in [9.17, 15) is 13.5 Å². The minimum Gasteiger partial charge on any atom is -0.493 e. The fourth-order valence-corrected chi connectivity index (χ4v) is 3.02. The molecule has 0 saturated heterocycles. The molecule has 2 unspecified atom stereocenters. The van der Waals surface area contributed by atoms with E-state index in [1.54, 1.807) is 13.0 Å². The maximum Gasteiger partial charge on any atom is 0.241 e. The summed E-state index contributed by atoms with van der Waals surface area (Å²) in [5.41, 5.74) is 6.14. The normalized spacial score (nSPS) is 14.6. The molecule has 2 atom stereocenters. The number of aliphatic hydroxyl groups is 1. The Morgan fingerprint density at radius 3 is 2.29 bits per heavy atom. The quantitative estimate of drug-likeness (QED) is 0.652. The first-order valence-electron chi connectivity index (χ1n) is 6.39. The number of nitrogens with one attached hydrogen (secondary N) is 1. The Balaban J connectivity index is 3.08. The molecule has 21 heavy (non-hydrogen) atoms. The lowest BCUT2D eigenvalue weighted by molar-refractivity contribution is 0.164. The van der Waals surface area contributed by atoms with Crippen molar-refractivity contribution in [1.82, 2.24) is 4.72 Å². The zero-order chi connectivity index (χ0) is 16.2. The van der Waals surface area contributed by atoms with Crippen LogP contribution < -0.4 is 19.9 Å². The van der Waals surface area contributed by atoms with Crippen molar-refractivity contribution in [2.45, 2.75) is 30.9 Å². The van der Waals surface area contributed by atoms with E-state index in [2.05, 4.69) is 4.72 Å². The van der Waals surface area contributed by atoms with Crippen molar-refractivity contribution in [2.24, 2.45) is 5.73 Å². The molecule has 1 aromatic carbocycles. The number of sulfonamides is 1. The van der Waals surface area contributed by atoms with Gasteiger partial charge in [-0.1, -0.05) is 0 Å². The van der Waals surface area contributed by atoms with Crippen molar-refractivity contribution >= 4 is 10.0 Å². The fraction of sp³-hybridized carbons (Fsp3) is 0.538. The molecule has 8 heteroatoms. The standard InChI is InChI=1S/C13H22N2O5S/c1-8-5-11(19-3)12(20-4)6-13(8)21(17,18)15-7-10(14)9(2)16/h5-6,9-10,15-16H,7,14H2,1-4H3. The SMILES string of the molecule is COc1cc(C)c(S(=O)(=O)NCC(N)C(C)O)cc1OC. The monoisotopic (exact) mass is 318 g/mol. The number of rotatable bonds is 7. The van der Waals surface area contributed by atoms with Gasteiger partial charge in [0.25, 0.3) is 0 Å². The van der Waals surface area contributed by atoms with Gasteiger partial charge in [-0.15, -0.1) is 0 Å². The van der Waals surface area contributed by atoms with Gasteiger partial charge in [-0.05, 0) is 25.5 Å². The number of benzene rings is 1. The summed E-state index contributed by atoms with van der Waals surface area (Å²) in [7, 11) is -0.845. The summed E-state index contributed by atoms with van der Waals surface area (Å²) in [6.07, 6.45) is -0.806. The van der Waals surface area contributed by atoms with Gasteiger partial charge in [0.2, 0.25) is 10.0 Å². The first-order chi connectivity index (χ1) is 9.72. The first-order valence-corrected chi connectivity index (χ1v) is 7.87. The van der Waals surface area contributed by atoms with Crippen LogP contribution >= 0.6 is 0 Å². The van der Waals surface area contributed by atoms with Crippen molar-refractivity contribution in [3.8, 4) is 11.5 Å². The van der Waals surface area contributed by atoms with E-state index in [1.165, 1.54) is 27.2 Å². The summed E-state index contributed by atoms with van der Waals surface area (Å²) in [6.45, 7) is 3.10. The molecule has 0 aromatic heterocycles. The van der Waals surface area contributed by atoms with Gasteiger partial charge in [-0.2, -0.15) is 0 Å². The smallest absolute Gasteiger partial charge is 0.241 e. The van der Waals surface area contributed by atoms with E-state index in [0.29, 0.717) is 17.1 Å². The van der Waals surface area contributed by atoms with Gasteiger partial charge in [0.1, 0.15) is 0 Å². The van der Waals surface area contributed by atoms with Gasteiger partial charge in [-0.3, -0.25) is 0 Å². The summed E-state index contributed by atoms with van der Waals surface area (Å²) in [5, 5.41) is 9.30.